The van der Waals surface area contributed by atoms with Crippen LogP contribution in [0.5, 0.6) is 0 Å². The third kappa shape index (κ3) is 4.18. The molecule has 2 heterocycles. The van der Waals surface area contributed by atoms with Crippen molar-refractivity contribution >= 4 is 40.8 Å². The van der Waals surface area contributed by atoms with E-state index in [0.29, 0.717) is 26.5 Å². The van der Waals surface area contributed by atoms with Gasteiger partial charge >= 0.3 is 0 Å². The standard InChI is InChI=1S/C17H20Cl2N4O2S/c1-17(20)5-7-23(8-6-17)14-11(9-24)21-16(15(25)22-14)26-12-4-2-3-10(18)13(12)19/h2-4,24H,5-9,20H2,1H3,(H,22,25)/p+1. The Hall–Kier alpha value is -1.25. The molecule has 0 bridgehead atoms. The first-order valence-corrected chi connectivity index (χ1v) is 9.84. The number of aliphatic hydroxyl groups excluding tert-OH is 1. The molecule has 0 unspecified atom stereocenters. The first-order valence-electron chi connectivity index (χ1n) is 8.27. The largest absolute Gasteiger partial charge is 0.390 e. The van der Waals surface area contributed by atoms with E-state index in [-0.39, 0.29) is 22.7 Å². The van der Waals surface area contributed by atoms with E-state index in [1.54, 1.807) is 18.2 Å². The zero-order chi connectivity index (χ0) is 18.9. The van der Waals surface area contributed by atoms with Gasteiger partial charge in [-0.3, -0.25) is 4.79 Å². The zero-order valence-electron chi connectivity index (χ0n) is 14.4. The Morgan fingerprint density at radius 2 is 2.08 bits per heavy atom. The quantitative estimate of drug-likeness (QED) is 0.711. The van der Waals surface area contributed by atoms with Crippen molar-refractivity contribution in [3.63, 3.8) is 0 Å². The summed E-state index contributed by atoms with van der Waals surface area (Å²) in [6.45, 7) is 3.39. The minimum Gasteiger partial charge on any atom is -0.390 e. The van der Waals surface area contributed by atoms with E-state index in [9.17, 15) is 9.90 Å². The smallest absolute Gasteiger partial charge is 0.282 e. The Kier molecular flexibility index (Phi) is 5.84. The number of anilines is 1. The number of aliphatic hydroxyl groups is 1. The average molecular weight is 416 g/mol. The van der Waals surface area contributed by atoms with Crippen molar-refractivity contribution in [2.24, 2.45) is 0 Å². The van der Waals surface area contributed by atoms with Crippen molar-refractivity contribution in [1.82, 2.24) is 9.97 Å². The second-order valence-corrected chi connectivity index (χ2v) is 8.59. The molecule has 140 valence electrons. The van der Waals surface area contributed by atoms with Crippen LogP contribution in [0.15, 0.2) is 32.9 Å². The van der Waals surface area contributed by atoms with E-state index in [0.717, 1.165) is 37.7 Å². The number of hydrogen-bond donors (Lipinski definition) is 3. The highest BCUT2D eigenvalue weighted by molar-refractivity contribution is 7.99. The molecule has 6 nitrogen and oxygen atoms in total. The van der Waals surface area contributed by atoms with E-state index in [1.807, 2.05) is 4.90 Å². The molecule has 3 rings (SSSR count). The van der Waals surface area contributed by atoms with Gasteiger partial charge in [0.15, 0.2) is 5.03 Å². The van der Waals surface area contributed by atoms with Crippen molar-refractivity contribution in [3.8, 4) is 0 Å². The topological polar surface area (TPSA) is 96.9 Å². The van der Waals surface area contributed by atoms with Gasteiger partial charge in [-0.2, -0.15) is 0 Å². The van der Waals surface area contributed by atoms with Gasteiger partial charge in [0.25, 0.3) is 5.56 Å². The van der Waals surface area contributed by atoms with E-state index >= 15 is 0 Å². The van der Waals surface area contributed by atoms with Crippen LogP contribution >= 0.6 is 35.0 Å². The molecule has 9 heteroatoms. The van der Waals surface area contributed by atoms with Gasteiger partial charge in [-0.25, -0.2) is 4.98 Å². The summed E-state index contributed by atoms with van der Waals surface area (Å²) in [4.78, 5) is 22.5. The highest BCUT2D eigenvalue weighted by Gasteiger charge is 2.31. The number of nitrogens with one attached hydrogen (secondary N) is 1. The maximum Gasteiger partial charge on any atom is 0.282 e. The number of benzene rings is 1. The van der Waals surface area contributed by atoms with E-state index < -0.39 is 0 Å². The minimum atomic E-state index is -0.318. The van der Waals surface area contributed by atoms with Gasteiger partial charge < -0.3 is 20.7 Å². The Balaban J connectivity index is 1.90. The average Bonchev–Trinajstić information content (AvgIpc) is 2.60. The molecule has 1 aromatic carbocycles. The molecule has 26 heavy (non-hydrogen) atoms. The predicted octanol–water partition coefficient (Wildman–Crippen LogP) is 2.32. The second-order valence-electron chi connectivity index (χ2n) is 6.78. The minimum absolute atomic E-state index is 0.0444. The van der Waals surface area contributed by atoms with Crippen LogP contribution in [0.1, 0.15) is 25.5 Å². The molecule has 1 saturated heterocycles. The molecular formula is C17H21Cl2N4O2S+. The van der Waals surface area contributed by atoms with Gasteiger partial charge in [0, 0.05) is 30.8 Å². The van der Waals surface area contributed by atoms with Crippen molar-refractivity contribution in [3.05, 3.63) is 44.3 Å². The van der Waals surface area contributed by atoms with Crippen LogP contribution < -0.4 is 16.2 Å². The van der Waals surface area contributed by atoms with Crippen LogP contribution in [-0.2, 0) is 6.61 Å². The number of aromatic nitrogens is 2. The highest BCUT2D eigenvalue weighted by Crippen LogP contribution is 2.35. The van der Waals surface area contributed by atoms with Crippen LogP contribution in [0.4, 0.5) is 5.82 Å². The molecule has 0 spiro atoms. The summed E-state index contributed by atoms with van der Waals surface area (Å²) in [7, 11) is 0. The van der Waals surface area contributed by atoms with Crippen LogP contribution in [0, 0.1) is 0 Å². The Morgan fingerprint density at radius 3 is 2.73 bits per heavy atom. The number of rotatable bonds is 4. The normalized spacial score (nSPS) is 16.7. The lowest BCUT2D eigenvalue weighted by atomic mass is 9.91. The Morgan fingerprint density at radius 1 is 1.38 bits per heavy atom. The molecule has 1 fully saturated rings. The maximum absolute atomic E-state index is 12.5. The van der Waals surface area contributed by atoms with Crippen molar-refractivity contribution in [2.45, 2.75) is 41.8 Å². The van der Waals surface area contributed by atoms with Gasteiger partial charge in [-0.1, -0.05) is 41.0 Å². The summed E-state index contributed by atoms with van der Waals surface area (Å²) in [6.07, 6.45) is 1.82. The molecule has 0 atom stereocenters. The number of piperidine rings is 1. The maximum atomic E-state index is 12.5. The molecule has 1 aromatic heterocycles. The molecule has 0 radical (unpaired) electrons. The summed E-state index contributed by atoms with van der Waals surface area (Å²) in [5.74, 6) is 0.578. The van der Waals surface area contributed by atoms with E-state index in [4.69, 9.17) is 23.2 Å². The summed E-state index contributed by atoms with van der Waals surface area (Å²) in [5, 5.41) is 10.8. The van der Waals surface area contributed by atoms with Crippen LogP contribution in [-0.4, -0.2) is 33.7 Å². The Labute approximate surface area is 165 Å². The van der Waals surface area contributed by atoms with Crippen molar-refractivity contribution < 1.29 is 10.8 Å². The summed E-state index contributed by atoms with van der Waals surface area (Å²) in [6, 6.07) is 5.21. The summed E-state index contributed by atoms with van der Waals surface area (Å²) >= 11 is 13.3. The van der Waals surface area contributed by atoms with Gasteiger partial charge in [0.05, 0.1) is 22.2 Å². The van der Waals surface area contributed by atoms with Gasteiger partial charge in [-0.05, 0) is 19.1 Å². The molecule has 0 saturated carbocycles. The number of quaternary nitrogens is 1. The third-order valence-electron chi connectivity index (χ3n) is 4.50. The molecule has 1 aliphatic rings. The first kappa shape index (κ1) is 19.5. The van der Waals surface area contributed by atoms with E-state index in [2.05, 4.69) is 22.6 Å². The van der Waals surface area contributed by atoms with Gasteiger partial charge in [0.2, 0.25) is 0 Å². The number of aromatic amines is 1. The van der Waals surface area contributed by atoms with Crippen molar-refractivity contribution in [1.29, 1.82) is 0 Å². The van der Waals surface area contributed by atoms with Crippen molar-refractivity contribution in [2.75, 3.05) is 18.0 Å². The summed E-state index contributed by atoms with van der Waals surface area (Å²) in [5.41, 5.74) is 4.37. The SMILES string of the molecule is CC1([NH3+])CCN(c2[nH]c(=O)c(Sc3cccc(Cl)c3Cl)nc2CO)CC1. The fraction of sp³-hybridized carbons (Fsp3) is 0.412. The van der Waals surface area contributed by atoms with Crippen LogP contribution in [0.3, 0.4) is 0 Å². The lowest BCUT2D eigenvalue weighted by Crippen LogP contribution is -2.73. The van der Waals surface area contributed by atoms with E-state index in [1.165, 1.54) is 0 Å². The lowest BCUT2D eigenvalue weighted by Gasteiger charge is -2.35. The number of hydrogen-bond acceptors (Lipinski definition) is 5. The molecule has 0 aliphatic carbocycles. The van der Waals surface area contributed by atoms with Crippen LogP contribution in [0.25, 0.3) is 0 Å². The first-order chi connectivity index (χ1) is 12.3. The lowest BCUT2D eigenvalue weighted by molar-refractivity contribution is -0.475. The predicted molar refractivity (Wildman–Crippen MR) is 104 cm³/mol. The number of H-pyrrole nitrogens is 1. The number of nitrogens with zero attached hydrogens (tertiary/aromatic N) is 2. The molecule has 1 aliphatic heterocycles. The summed E-state index contributed by atoms with van der Waals surface area (Å²) < 4.78 is 0. The highest BCUT2D eigenvalue weighted by atomic mass is 35.5. The zero-order valence-corrected chi connectivity index (χ0v) is 16.7. The third-order valence-corrected chi connectivity index (χ3v) is 6.46. The molecular weight excluding hydrogens is 395 g/mol. The van der Waals surface area contributed by atoms with Crippen LogP contribution in [0.2, 0.25) is 10.0 Å². The fourth-order valence-corrected chi connectivity index (χ4v) is 4.16. The fourth-order valence-electron chi connectivity index (χ4n) is 2.84. The van der Waals surface area contributed by atoms with Gasteiger partial charge in [0.1, 0.15) is 11.5 Å². The van der Waals surface area contributed by atoms with Gasteiger partial charge in [-0.15, -0.1) is 0 Å². The molecule has 5 N–H and O–H groups in total. The molecule has 2 aromatic rings. The number of halogens is 2. The Bertz CT molecular complexity index is 862. The molecule has 0 amide bonds. The monoisotopic (exact) mass is 415 g/mol. The second kappa shape index (κ2) is 7.78.